The third-order valence-corrected chi connectivity index (χ3v) is 1.86. The lowest BCUT2D eigenvalue weighted by Gasteiger charge is -2.28. The van der Waals surface area contributed by atoms with Gasteiger partial charge in [-0.05, 0) is 13.8 Å². The van der Waals surface area contributed by atoms with Crippen LogP contribution in [-0.2, 0) is 9.63 Å². The van der Waals surface area contributed by atoms with E-state index in [2.05, 4.69) is 4.84 Å². The highest BCUT2D eigenvalue weighted by molar-refractivity contribution is 5.81. The zero-order valence-corrected chi connectivity index (χ0v) is 7.57. The number of halogens is 2. The molecular formula is C7H13F2NO2. The molecule has 0 heterocycles. The van der Waals surface area contributed by atoms with E-state index in [0.29, 0.717) is 6.92 Å². The van der Waals surface area contributed by atoms with Crippen molar-refractivity contribution in [2.24, 2.45) is 5.41 Å². The Morgan fingerprint density at radius 2 is 1.75 bits per heavy atom. The zero-order chi connectivity index (χ0) is 9.99. The first-order valence-corrected chi connectivity index (χ1v) is 3.44. The van der Waals surface area contributed by atoms with Crippen LogP contribution in [0.4, 0.5) is 8.78 Å². The monoisotopic (exact) mass is 181 g/mol. The SMILES string of the molecule is CONC(=O)C(C)(C)C(C)(F)F. The molecule has 1 amide bonds. The van der Waals surface area contributed by atoms with Gasteiger partial charge in [0.1, 0.15) is 5.41 Å². The first kappa shape index (κ1) is 11.3. The molecule has 0 bridgehead atoms. The summed E-state index contributed by atoms with van der Waals surface area (Å²) in [6.45, 7) is 3.00. The van der Waals surface area contributed by atoms with Crippen LogP contribution in [0.2, 0.25) is 0 Å². The van der Waals surface area contributed by atoms with Gasteiger partial charge in [-0.15, -0.1) is 0 Å². The van der Waals surface area contributed by atoms with E-state index in [-0.39, 0.29) is 0 Å². The van der Waals surface area contributed by atoms with Gasteiger partial charge in [0.15, 0.2) is 0 Å². The van der Waals surface area contributed by atoms with E-state index in [1.54, 1.807) is 0 Å². The van der Waals surface area contributed by atoms with Gasteiger partial charge in [0.25, 0.3) is 11.8 Å². The molecule has 0 aromatic rings. The summed E-state index contributed by atoms with van der Waals surface area (Å²) >= 11 is 0. The molecule has 0 atom stereocenters. The minimum Gasteiger partial charge on any atom is -0.277 e. The second-order valence-corrected chi connectivity index (χ2v) is 3.15. The van der Waals surface area contributed by atoms with Crippen molar-refractivity contribution in [2.75, 3.05) is 7.11 Å². The summed E-state index contributed by atoms with van der Waals surface area (Å²) in [5.74, 6) is -3.91. The maximum Gasteiger partial charge on any atom is 0.259 e. The van der Waals surface area contributed by atoms with E-state index in [1.165, 1.54) is 7.11 Å². The standard InChI is InChI=1S/C7H13F2NO2/c1-6(2,7(3,8)9)5(11)10-12-4/h1-4H3,(H,10,11). The molecule has 0 spiro atoms. The minimum atomic E-state index is -3.07. The van der Waals surface area contributed by atoms with E-state index >= 15 is 0 Å². The normalized spacial score (nSPS) is 12.8. The molecule has 5 heteroatoms. The molecular weight excluding hydrogens is 168 g/mol. The largest absolute Gasteiger partial charge is 0.277 e. The predicted octanol–water partition coefficient (Wildman–Crippen LogP) is 1.35. The average molecular weight is 181 g/mol. The van der Waals surface area contributed by atoms with Crippen LogP contribution in [0, 0.1) is 5.41 Å². The fraction of sp³-hybridized carbons (Fsp3) is 0.857. The molecule has 3 nitrogen and oxygen atoms in total. The number of nitrogens with one attached hydrogen (secondary N) is 1. The van der Waals surface area contributed by atoms with Crippen molar-refractivity contribution in [3.63, 3.8) is 0 Å². The first-order chi connectivity index (χ1) is 5.23. The van der Waals surface area contributed by atoms with Gasteiger partial charge in [-0.1, -0.05) is 0 Å². The molecule has 0 radical (unpaired) electrons. The summed E-state index contributed by atoms with van der Waals surface area (Å²) < 4.78 is 25.5. The van der Waals surface area contributed by atoms with Gasteiger partial charge in [-0.25, -0.2) is 14.3 Å². The minimum absolute atomic E-state index is 0.697. The van der Waals surface area contributed by atoms with Crippen molar-refractivity contribution >= 4 is 5.91 Å². The highest BCUT2D eigenvalue weighted by Gasteiger charge is 2.48. The Hall–Kier alpha value is -0.710. The number of rotatable bonds is 3. The van der Waals surface area contributed by atoms with Crippen molar-refractivity contribution in [3.8, 4) is 0 Å². The van der Waals surface area contributed by atoms with Crippen molar-refractivity contribution in [1.29, 1.82) is 0 Å². The zero-order valence-electron chi connectivity index (χ0n) is 7.57. The summed E-state index contributed by atoms with van der Waals surface area (Å²) in [4.78, 5) is 15.2. The van der Waals surface area contributed by atoms with E-state index in [9.17, 15) is 13.6 Å². The van der Waals surface area contributed by atoms with Crippen LogP contribution >= 0.6 is 0 Å². The number of alkyl halides is 2. The second-order valence-electron chi connectivity index (χ2n) is 3.15. The lowest BCUT2D eigenvalue weighted by molar-refractivity contribution is -0.161. The van der Waals surface area contributed by atoms with Crippen LogP contribution in [-0.4, -0.2) is 18.9 Å². The van der Waals surface area contributed by atoms with Gasteiger partial charge < -0.3 is 0 Å². The topological polar surface area (TPSA) is 38.3 Å². The van der Waals surface area contributed by atoms with Gasteiger partial charge in [-0.2, -0.15) is 0 Å². The number of carbonyl (C=O) groups excluding carboxylic acids is 1. The van der Waals surface area contributed by atoms with Crippen molar-refractivity contribution in [1.82, 2.24) is 5.48 Å². The van der Waals surface area contributed by atoms with Crippen molar-refractivity contribution in [3.05, 3.63) is 0 Å². The molecule has 0 aromatic heterocycles. The summed E-state index contributed by atoms with van der Waals surface area (Å²) in [5, 5.41) is 0. The van der Waals surface area contributed by atoms with Gasteiger partial charge in [0.2, 0.25) is 0 Å². The van der Waals surface area contributed by atoms with E-state index in [0.717, 1.165) is 13.8 Å². The third-order valence-electron chi connectivity index (χ3n) is 1.86. The summed E-state index contributed by atoms with van der Waals surface area (Å²) in [6.07, 6.45) is 0. The molecule has 0 aliphatic rings. The number of hydroxylamine groups is 1. The average Bonchev–Trinajstić information content (AvgIpc) is 1.85. The smallest absolute Gasteiger partial charge is 0.259 e. The van der Waals surface area contributed by atoms with Crippen LogP contribution in [0.5, 0.6) is 0 Å². The van der Waals surface area contributed by atoms with Crippen LogP contribution in [0.1, 0.15) is 20.8 Å². The van der Waals surface area contributed by atoms with Gasteiger partial charge in [0, 0.05) is 6.92 Å². The maximum absolute atomic E-state index is 12.8. The number of hydrogen-bond donors (Lipinski definition) is 1. The number of amides is 1. The Morgan fingerprint density at radius 3 is 2.00 bits per heavy atom. The Balaban J connectivity index is 4.50. The Morgan fingerprint density at radius 1 is 1.33 bits per heavy atom. The van der Waals surface area contributed by atoms with Crippen LogP contribution in [0.15, 0.2) is 0 Å². The molecule has 0 saturated heterocycles. The summed E-state index contributed by atoms with van der Waals surface area (Å²) in [6, 6.07) is 0. The molecule has 0 unspecified atom stereocenters. The molecule has 0 aromatic carbocycles. The Labute approximate surface area is 70.0 Å². The highest BCUT2D eigenvalue weighted by Crippen LogP contribution is 2.35. The van der Waals surface area contributed by atoms with Crippen molar-refractivity contribution < 1.29 is 18.4 Å². The first-order valence-electron chi connectivity index (χ1n) is 3.44. The van der Waals surface area contributed by atoms with Crippen LogP contribution < -0.4 is 5.48 Å². The number of carbonyl (C=O) groups is 1. The highest BCUT2D eigenvalue weighted by atomic mass is 19.3. The molecule has 0 aliphatic heterocycles. The van der Waals surface area contributed by atoms with E-state index in [1.807, 2.05) is 5.48 Å². The quantitative estimate of drug-likeness (QED) is 0.667. The predicted molar refractivity (Wildman–Crippen MR) is 39.6 cm³/mol. The Kier molecular flexibility index (Phi) is 3.15. The molecule has 12 heavy (non-hydrogen) atoms. The van der Waals surface area contributed by atoms with Crippen molar-refractivity contribution in [2.45, 2.75) is 26.7 Å². The second kappa shape index (κ2) is 3.35. The lowest BCUT2D eigenvalue weighted by Crippen LogP contribution is -2.46. The molecule has 0 aliphatic carbocycles. The lowest BCUT2D eigenvalue weighted by atomic mass is 9.86. The third kappa shape index (κ3) is 2.14. The molecule has 1 N–H and O–H groups in total. The maximum atomic E-state index is 12.8. The van der Waals surface area contributed by atoms with E-state index < -0.39 is 17.2 Å². The van der Waals surface area contributed by atoms with Gasteiger partial charge in [-0.3, -0.25) is 9.63 Å². The molecule has 0 fully saturated rings. The fourth-order valence-electron chi connectivity index (χ4n) is 0.420. The Bertz CT molecular complexity index is 175. The summed E-state index contributed by atoms with van der Waals surface area (Å²) in [5.41, 5.74) is 0.112. The molecule has 0 rings (SSSR count). The van der Waals surface area contributed by atoms with Crippen LogP contribution in [0.25, 0.3) is 0 Å². The fourth-order valence-corrected chi connectivity index (χ4v) is 0.420. The van der Waals surface area contributed by atoms with E-state index in [4.69, 9.17) is 0 Å². The van der Waals surface area contributed by atoms with Gasteiger partial charge >= 0.3 is 0 Å². The molecule has 0 saturated carbocycles. The summed E-state index contributed by atoms with van der Waals surface area (Å²) in [7, 11) is 1.20. The van der Waals surface area contributed by atoms with Gasteiger partial charge in [0.05, 0.1) is 7.11 Å². The number of hydrogen-bond acceptors (Lipinski definition) is 2. The van der Waals surface area contributed by atoms with Crippen LogP contribution in [0.3, 0.4) is 0 Å². The molecule has 72 valence electrons.